The number of aliphatic hydroxyl groups excluding tert-OH is 1. The van der Waals surface area contributed by atoms with Crippen LogP contribution in [-0.2, 0) is 19.6 Å². The summed E-state index contributed by atoms with van der Waals surface area (Å²) >= 11 is 0. The van der Waals surface area contributed by atoms with Gasteiger partial charge in [-0.3, -0.25) is 0 Å². The molecule has 0 saturated heterocycles. The van der Waals surface area contributed by atoms with Crippen LogP contribution in [0.3, 0.4) is 0 Å². The Kier molecular flexibility index (Phi) is 7.60. The first-order valence-electron chi connectivity index (χ1n) is 9.09. The van der Waals surface area contributed by atoms with Gasteiger partial charge in [-0.05, 0) is 49.1 Å². The molecule has 1 unspecified atom stereocenters. The van der Waals surface area contributed by atoms with Gasteiger partial charge in [-0.25, -0.2) is 9.38 Å². The van der Waals surface area contributed by atoms with E-state index in [9.17, 15) is 9.50 Å². The van der Waals surface area contributed by atoms with Crippen molar-refractivity contribution in [2.24, 2.45) is 4.99 Å². The number of nitrogens with one attached hydrogen (secondary N) is 2. The fourth-order valence-electron chi connectivity index (χ4n) is 2.67. The number of halogens is 1. The number of nitrogens with zero attached hydrogens (tertiary/aromatic N) is 1. The number of guanidine groups is 1. The van der Waals surface area contributed by atoms with Crippen molar-refractivity contribution in [3.8, 4) is 0 Å². The van der Waals surface area contributed by atoms with Gasteiger partial charge in [0.1, 0.15) is 5.82 Å². The summed E-state index contributed by atoms with van der Waals surface area (Å²) < 4.78 is 13.5. The Bertz CT molecular complexity index is 729. The fraction of sp³-hybridized carbons (Fsp3) is 0.381. The summed E-state index contributed by atoms with van der Waals surface area (Å²) in [7, 11) is 0. The largest absolute Gasteiger partial charge is 0.392 e. The maximum atomic E-state index is 13.5. The lowest BCUT2D eigenvalue weighted by atomic mass is 10.1. The van der Waals surface area contributed by atoms with Crippen LogP contribution in [0.4, 0.5) is 4.39 Å². The van der Waals surface area contributed by atoms with Gasteiger partial charge in [0.15, 0.2) is 5.96 Å². The molecule has 0 aliphatic rings. The summed E-state index contributed by atoms with van der Waals surface area (Å²) in [4.78, 5) is 4.58. The van der Waals surface area contributed by atoms with E-state index in [0.29, 0.717) is 18.1 Å². The van der Waals surface area contributed by atoms with Gasteiger partial charge in [0.05, 0.1) is 19.2 Å². The van der Waals surface area contributed by atoms with E-state index in [1.807, 2.05) is 6.92 Å². The molecule has 4 nitrogen and oxygen atoms in total. The minimum Gasteiger partial charge on any atom is -0.392 e. The Morgan fingerprint density at radius 1 is 1.12 bits per heavy atom. The molecule has 0 aromatic heterocycles. The molecule has 2 aromatic rings. The highest BCUT2D eigenvalue weighted by Crippen LogP contribution is 2.14. The van der Waals surface area contributed by atoms with E-state index in [0.717, 1.165) is 18.5 Å². The van der Waals surface area contributed by atoms with E-state index < -0.39 is 5.82 Å². The molecule has 0 fully saturated rings. The van der Waals surface area contributed by atoms with Gasteiger partial charge < -0.3 is 15.7 Å². The third-order valence-corrected chi connectivity index (χ3v) is 4.29. The molecule has 1 atom stereocenters. The van der Waals surface area contributed by atoms with Crippen molar-refractivity contribution < 1.29 is 9.50 Å². The van der Waals surface area contributed by atoms with Crippen LogP contribution in [0, 0.1) is 5.82 Å². The number of aliphatic hydroxyl groups is 1. The second-order valence-electron chi connectivity index (χ2n) is 6.24. The lowest BCUT2D eigenvalue weighted by Crippen LogP contribution is -2.38. The molecule has 0 aliphatic heterocycles. The average Bonchev–Trinajstić information content (AvgIpc) is 2.67. The molecule has 0 radical (unpaired) electrons. The monoisotopic (exact) mass is 357 g/mol. The van der Waals surface area contributed by atoms with Crippen LogP contribution >= 0.6 is 0 Å². The van der Waals surface area contributed by atoms with Crippen molar-refractivity contribution >= 4 is 5.96 Å². The zero-order chi connectivity index (χ0) is 18.9. The van der Waals surface area contributed by atoms with Gasteiger partial charge in [-0.15, -0.1) is 0 Å². The molecule has 26 heavy (non-hydrogen) atoms. The molecule has 5 heteroatoms. The van der Waals surface area contributed by atoms with Gasteiger partial charge in [-0.2, -0.15) is 0 Å². The predicted octanol–water partition coefficient (Wildman–Crippen LogP) is 3.70. The van der Waals surface area contributed by atoms with Gasteiger partial charge in [0, 0.05) is 12.1 Å². The van der Waals surface area contributed by atoms with E-state index in [4.69, 9.17) is 0 Å². The fourth-order valence-corrected chi connectivity index (χ4v) is 2.67. The van der Waals surface area contributed by atoms with Crippen molar-refractivity contribution in [3.05, 3.63) is 70.5 Å². The van der Waals surface area contributed by atoms with E-state index in [2.05, 4.69) is 53.7 Å². The van der Waals surface area contributed by atoms with E-state index in [1.54, 1.807) is 12.1 Å². The average molecular weight is 357 g/mol. The maximum absolute atomic E-state index is 13.5. The molecule has 2 rings (SSSR count). The number of hydrogen-bond acceptors (Lipinski definition) is 2. The third kappa shape index (κ3) is 5.56. The maximum Gasteiger partial charge on any atom is 0.192 e. The van der Waals surface area contributed by atoms with E-state index in [1.165, 1.54) is 17.2 Å². The number of rotatable bonds is 7. The second-order valence-corrected chi connectivity index (χ2v) is 6.24. The number of hydrogen-bond donors (Lipinski definition) is 3. The lowest BCUT2D eigenvalue weighted by Gasteiger charge is -2.18. The highest BCUT2D eigenvalue weighted by atomic mass is 19.1. The van der Waals surface area contributed by atoms with Gasteiger partial charge >= 0.3 is 0 Å². The van der Waals surface area contributed by atoms with Crippen LogP contribution in [0.1, 0.15) is 49.1 Å². The van der Waals surface area contributed by atoms with Crippen LogP contribution in [0.25, 0.3) is 0 Å². The first kappa shape index (κ1) is 19.9. The lowest BCUT2D eigenvalue weighted by molar-refractivity contribution is 0.275. The zero-order valence-corrected chi connectivity index (χ0v) is 15.7. The van der Waals surface area contributed by atoms with E-state index >= 15 is 0 Å². The second kappa shape index (κ2) is 9.92. The highest BCUT2D eigenvalue weighted by Gasteiger charge is 2.08. The SMILES string of the molecule is CCNC(=NCc1ccc(F)c(CO)c1)NC(C)c1ccc(CC)cc1. The molecule has 2 aromatic carbocycles. The van der Waals surface area contributed by atoms with Crippen molar-refractivity contribution in [1.29, 1.82) is 0 Å². The first-order chi connectivity index (χ1) is 12.6. The van der Waals surface area contributed by atoms with Gasteiger partial charge in [0.25, 0.3) is 0 Å². The van der Waals surface area contributed by atoms with Crippen molar-refractivity contribution in [1.82, 2.24) is 10.6 Å². The third-order valence-electron chi connectivity index (χ3n) is 4.29. The summed E-state index contributed by atoms with van der Waals surface area (Å²) in [6.07, 6.45) is 1.03. The number of aliphatic imine (C=N–C) groups is 1. The summed E-state index contributed by atoms with van der Waals surface area (Å²) in [6.45, 7) is 7.09. The van der Waals surface area contributed by atoms with Gasteiger partial charge in [-0.1, -0.05) is 37.3 Å². The number of benzene rings is 2. The molecule has 0 saturated carbocycles. The first-order valence-corrected chi connectivity index (χ1v) is 9.09. The van der Waals surface area contributed by atoms with Crippen LogP contribution in [0.15, 0.2) is 47.5 Å². The molecule has 0 aliphatic carbocycles. The highest BCUT2D eigenvalue weighted by molar-refractivity contribution is 5.80. The molecule has 0 spiro atoms. The smallest absolute Gasteiger partial charge is 0.192 e. The quantitative estimate of drug-likeness (QED) is 0.523. The molecule has 0 amide bonds. The van der Waals surface area contributed by atoms with Crippen molar-refractivity contribution in [2.45, 2.75) is 46.4 Å². The predicted molar refractivity (Wildman–Crippen MR) is 105 cm³/mol. The summed E-state index contributed by atoms with van der Waals surface area (Å²) in [5.74, 6) is 0.309. The van der Waals surface area contributed by atoms with Crippen LogP contribution in [0.2, 0.25) is 0 Å². The molecule has 0 heterocycles. The molecular weight excluding hydrogens is 329 g/mol. The topological polar surface area (TPSA) is 56.7 Å². The standard InChI is InChI=1S/C21H28FN3O/c1-4-16-6-9-18(10-7-16)15(3)25-21(23-5-2)24-13-17-8-11-20(22)19(12-17)14-26/h6-12,15,26H,4-5,13-14H2,1-3H3,(H2,23,24,25). The zero-order valence-electron chi connectivity index (χ0n) is 15.7. The Morgan fingerprint density at radius 3 is 2.42 bits per heavy atom. The van der Waals surface area contributed by atoms with Crippen molar-refractivity contribution in [2.75, 3.05) is 6.54 Å². The minimum absolute atomic E-state index is 0.111. The Balaban J connectivity index is 2.07. The van der Waals surface area contributed by atoms with Crippen LogP contribution in [0.5, 0.6) is 0 Å². The molecule has 0 bridgehead atoms. The molecule has 140 valence electrons. The molecule has 3 N–H and O–H groups in total. The van der Waals surface area contributed by atoms with Crippen molar-refractivity contribution in [3.63, 3.8) is 0 Å². The summed E-state index contributed by atoms with van der Waals surface area (Å²) in [5.41, 5.74) is 3.65. The summed E-state index contributed by atoms with van der Waals surface area (Å²) in [5, 5.41) is 15.8. The van der Waals surface area contributed by atoms with Gasteiger partial charge in [0.2, 0.25) is 0 Å². The van der Waals surface area contributed by atoms with Crippen LogP contribution < -0.4 is 10.6 Å². The normalized spacial score (nSPS) is 12.7. The number of aryl methyl sites for hydroxylation is 1. The Labute approximate surface area is 155 Å². The Morgan fingerprint density at radius 2 is 1.81 bits per heavy atom. The Hall–Kier alpha value is -2.40. The minimum atomic E-state index is -0.394. The molecular formula is C21H28FN3O. The van der Waals surface area contributed by atoms with Crippen LogP contribution in [-0.4, -0.2) is 17.6 Å². The van der Waals surface area contributed by atoms with E-state index in [-0.39, 0.29) is 12.6 Å². The summed E-state index contributed by atoms with van der Waals surface area (Å²) in [6, 6.07) is 13.4.